The molecule has 1 heterocycles. The molecule has 0 aliphatic heterocycles. The second-order valence-electron chi connectivity index (χ2n) is 14.2. The number of aliphatic hydroxyl groups is 2. The predicted molar refractivity (Wildman–Crippen MR) is 167 cm³/mol. The number of alkyl halides is 2. The summed E-state index contributed by atoms with van der Waals surface area (Å²) in [6, 6.07) is 2.88. The molecule has 47 heavy (non-hydrogen) atoms. The van der Waals surface area contributed by atoms with Gasteiger partial charge in [-0.15, -0.1) is 0 Å². The normalized spacial score (nSPS) is 37.4. The Morgan fingerprint density at radius 2 is 1.91 bits per heavy atom. The lowest BCUT2D eigenvalue weighted by Crippen LogP contribution is -2.70. The van der Waals surface area contributed by atoms with Crippen LogP contribution in [0.3, 0.4) is 0 Å². The van der Waals surface area contributed by atoms with Gasteiger partial charge in [-0.25, -0.2) is 13.6 Å². The summed E-state index contributed by atoms with van der Waals surface area (Å²) < 4.78 is 50.0. The molecule has 0 bridgehead atoms. The lowest BCUT2D eigenvalue weighted by atomic mass is 9.44. The van der Waals surface area contributed by atoms with Crippen molar-refractivity contribution in [2.75, 3.05) is 12.4 Å². The first-order valence-electron chi connectivity index (χ1n) is 15.6. The standard InChI is InChI=1S/C35H40F2O9S/c1-20-15-22-23-17-25(36)24-16-21(38)10-11-32(24,4)34(23,37)27(39)18-33(22,5)35(20,46-29(41)26-9-8-13-44-26)30(42)47-14-7-6-12-45-28(40)19-31(2,3)43/h8-11,13,16,20,22-23,25,27,39,43H,12,14-15,17-19H2,1-5H3/t20-,22?,23?,25+,27?,32+,33+,34+,35+/m1/s1. The zero-order valence-electron chi connectivity index (χ0n) is 27.0. The van der Waals surface area contributed by atoms with Crippen LogP contribution in [-0.4, -0.2) is 74.6 Å². The summed E-state index contributed by atoms with van der Waals surface area (Å²) in [7, 11) is 0. The molecule has 3 fully saturated rings. The van der Waals surface area contributed by atoms with Gasteiger partial charge in [-0.05, 0) is 75.8 Å². The van der Waals surface area contributed by atoms with Gasteiger partial charge in [0, 0.05) is 22.7 Å². The third kappa shape index (κ3) is 5.68. The Bertz CT molecular complexity index is 1570. The molecular formula is C35H40F2O9S. The number of carbonyl (C=O) groups is 4. The van der Waals surface area contributed by atoms with Crippen molar-refractivity contribution in [2.45, 2.75) is 89.4 Å². The predicted octanol–water partition coefficient (Wildman–Crippen LogP) is 4.71. The lowest BCUT2D eigenvalue weighted by molar-refractivity contribution is -0.221. The van der Waals surface area contributed by atoms with Gasteiger partial charge >= 0.3 is 11.9 Å². The van der Waals surface area contributed by atoms with E-state index in [0.29, 0.717) is 0 Å². The topological polar surface area (TPSA) is 140 Å². The molecule has 5 rings (SSSR count). The van der Waals surface area contributed by atoms with Crippen LogP contribution >= 0.6 is 11.8 Å². The molecule has 3 saturated carbocycles. The summed E-state index contributed by atoms with van der Waals surface area (Å²) in [5.41, 5.74) is -8.42. The van der Waals surface area contributed by atoms with E-state index in [4.69, 9.17) is 13.9 Å². The number of carbonyl (C=O) groups excluding carboxylic acids is 4. The molecule has 0 spiro atoms. The molecule has 1 aromatic rings. The fourth-order valence-electron chi connectivity index (χ4n) is 8.64. The number of thioether (sulfide) groups is 1. The van der Waals surface area contributed by atoms with Crippen LogP contribution in [0.15, 0.2) is 46.6 Å². The minimum absolute atomic E-state index is 0.0103. The Hall–Kier alpha value is -3.27. The van der Waals surface area contributed by atoms with Crippen LogP contribution in [-0.2, 0) is 23.9 Å². The number of fused-ring (bicyclic) bond motifs is 5. The minimum Gasteiger partial charge on any atom is -0.457 e. The number of allylic oxidation sites excluding steroid dienone is 4. The smallest absolute Gasteiger partial charge is 0.375 e. The molecule has 0 aromatic carbocycles. The first kappa shape index (κ1) is 35.0. The second-order valence-corrected chi connectivity index (χ2v) is 15.1. The van der Waals surface area contributed by atoms with Gasteiger partial charge in [-0.1, -0.05) is 43.5 Å². The second kappa shape index (κ2) is 12.3. The summed E-state index contributed by atoms with van der Waals surface area (Å²) in [5, 5.41) is 20.9. The average molecular weight is 675 g/mol. The van der Waals surface area contributed by atoms with Crippen molar-refractivity contribution in [1.82, 2.24) is 0 Å². The van der Waals surface area contributed by atoms with Gasteiger partial charge in [-0.2, -0.15) is 0 Å². The van der Waals surface area contributed by atoms with Gasteiger partial charge < -0.3 is 24.1 Å². The molecule has 0 radical (unpaired) electrons. The molecule has 0 amide bonds. The van der Waals surface area contributed by atoms with Gasteiger partial charge in [-0.3, -0.25) is 14.4 Å². The van der Waals surface area contributed by atoms with E-state index in [0.717, 1.165) is 17.8 Å². The molecule has 12 heteroatoms. The number of hydrogen-bond acceptors (Lipinski definition) is 10. The van der Waals surface area contributed by atoms with E-state index < -0.39 is 80.6 Å². The Kier molecular flexibility index (Phi) is 9.18. The summed E-state index contributed by atoms with van der Waals surface area (Å²) in [4.78, 5) is 51.8. The highest BCUT2D eigenvalue weighted by Crippen LogP contribution is 2.72. The molecule has 0 saturated heterocycles. The number of ketones is 1. The summed E-state index contributed by atoms with van der Waals surface area (Å²) >= 11 is 0.778. The highest BCUT2D eigenvalue weighted by Gasteiger charge is 2.78. The first-order valence-corrected chi connectivity index (χ1v) is 16.6. The number of halogens is 2. The zero-order chi connectivity index (χ0) is 34.6. The van der Waals surface area contributed by atoms with Crippen molar-refractivity contribution >= 4 is 34.6 Å². The van der Waals surface area contributed by atoms with Gasteiger partial charge in [0.1, 0.15) is 6.17 Å². The minimum atomic E-state index is -2.37. The van der Waals surface area contributed by atoms with Crippen LogP contribution in [0.2, 0.25) is 0 Å². The molecule has 3 unspecified atom stereocenters. The molecular weight excluding hydrogens is 634 g/mol. The van der Waals surface area contributed by atoms with E-state index in [-0.39, 0.29) is 49.4 Å². The molecule has 4 aliphatic carbocycles. The highest BCUT2D eigenvalue weighted by atomic mass is 32.2. The number of furan rings is 1. The van der Waals surface area contributed by atoms with Crippen molar-refractivity contribution < 1.29 is 52.1 Å². The van der Waals surface area contributed by atoms with E-state index in [1.54, 1.807) is 13.8 Å². The van der Waals surface area contributed by atoms with Gasteiger partial charge in [0.15, 0.2) is 23.7 Å². The zero-order valence-corrected chi connectivity index (χ0v) is 27.8. The number of hydrogen-bond donors (Lipinski definition) is 2. The van der Waals surface area contributed by atoms with Crippen LogP contribution in [0.4, 0.5) is 8.78 Å². The highest BCUT2D eigenvalue weighted by molar-refractivity contribution is 8.14. The summed E-state index contributed by atoms with van der Waals surface area (Å²) in [6.07, 6.45) is 0.970. The van der Waals surface area contributed by atoms with Crippen LogP contribution in [0.1, 0.15) is 70.9 Å². The molecule has 1 aromatic heterocycles. The van der Waals surface area contributed by atoms with Crippen LogP contribution in [0, 0.1) is 40.4 Å². The quantitative estimate of drug-likeness (QED) is 0.309. The molecule has 9 nitrogen and oxygen atoms in total. The fraction of sp³-hybridized carbons (Fsp3) is 0.600. The third-order valence-corrected chi connectivity index (χ3v) is 11.6. The fourth-order valence-corrected chi connectivity index (χ4v) is 9.64. The SMILES string of the molecule is C[C@@H]1CC2C3C[C@H](F)C4=CC(=O)C=C[C@]4(C)[C@@]3(F)C(O)C[C@]2(C)[C@@]1(OC(=O)c1ccco1)C(=O)SCC#CCOC(=O)CC(C)(C)O. The van der Waals surface area contributed by atoms with Crippen molar-refractivity contribution in [1.29, 1.82) is 0 Å². The first-order chi connectivity index (χ1) is 21.9. The van der Waals surface area contributed by atoms with Crippen molar-refractivity contribution in [3.05, 3.63) is 48.0 Å². The number of aliphatic hydroxyl groups excluding tert-OH is 1. The maximum Gasteiger partial charge on any atom is 0.375 e. The van der Waals surface area contributed by atoms with Crippen molar-refractivity contribution in [2.24, 2.45) is 28.6 Å². The van der Waals surface area contributed by atoms with Crippen LogP contribution in [0.25, 0.3) is 0 Å². The third-order valence-electron chi connectivity index (χ3n) is 10.7. The molecule has 254 valence electrons. The van der Waals surface area contributed by atoms with Gasteiger partial charge in [0.2, 0.25) is 10.9 Å². The van der Waals surface area contributed by atoms with E-state index in [1.807, 2.05) is 0 Å². The summed E-state index contributed by atoms with van der Waals surface area (Å²) in [5.74, 6) is 0.759. The molecule has 4 aliphatic rings. The number of esters is 2. The monoisotopic (exact) mass is 674 g/mol. The Balaban J connectivity index is 1.46. The van der Waals surface area contributed by atoms with E-state index in [2.05, 4.69) is 11.8 Å². The molecule has 2 N–H and O–H groups in total. The van der Waals surface area contributed by atoms with Crippen LogP contribution < -0.4 is 0 Å². The molecule has 9 atom stereocenters. The Labute approximate surface area is 276 Å². The number of ether oxygens (including phenoxy) is 2. The van der Waals surface area contributed by atoms with Gasteiger partial charge in [0.25, 0.3) is 0 Å². The van der Waals surface area contributed by atoms with Crippen molar-refractivity contribution in [3.8, 4) is 11.8 Å². The Morgan fingerprint density at radius 3 is 2.57 bits per heavy atom. The Morgan fingerprint density at radius 1 is 1.19 bits per heavy atom. The van der Waals surface area contributed by atoms with Gasteiger partial charge in [0.05, 0.1) is 30.1 Å². The van der Waals surface area contributed by atoms with E-state index >= 15 is 8.78 Å². The van der Waals surface area contributed by atoms with Crippen LogP contribution in [0.5, 0.6) is 0 Å². The van der Waals surface area contributed by atoms with Crippen molar-refractivity contribution in [3.63, 3.8) is 0 Å². The maximum atomic E-state index is 17.7. The summed E-state index contributed by atoms with van der Waals surface area (Å²) in [6.45, 7) is 7.59. The maximum absolute atomic E-state index is 17.7. The average Bonchev–Trinajstić information content (AvgIpc) is 3.59. The number of rotatable bonds is 7. The largest absolute Gasteiger partial charge is 0.457 e. The lowest BCUT2D eigenvalue weighted by Gasteiger charge is -2.63. The van der Waals surface area contributed by atoms with E-state index in [1.165, 1.54) is 51.3 Å². The van der Waals surface area contributed by atoms with E-state index in [9.17, 15) is 29.4 Å².